The molecule has 0 aliphatic carbocycles. The van der Waals surface area contributed by atoms with Gasteiger partial charge in [-0.3, -0.25) is 4.79 Å². The molecular formula is C19H23NO. The first-order valence-corrected chi connectivity index (χ1v) is 7.97. The van der Waals surface area contributed by atoms with Gasteiger partial charge in [-0.25, -0.2) is 0 Å². The van der Waals surface area contributed by atoms with Crippen LogP contribution in [0.25, 0.3) is 10.8 Å². The molecule has 0 spiro atoms. The summed E-state index contributed by atoms with van der Waals surface area (Å²) >= 11 is 0. The Kier molecular flexibility index (Phi) is 4.35. The lowest BCUT2D eigenvalue weighted by atomic mass is 9.83. The van der Waals surface area contributed by atoms with Crippen molar-refractivity contribution < 1.29 is 4.79 Å². The summed E-state index contributed by atoms with van der Waals surface area (Å²) < 4.78 is 0. The number of nitrogens with one attached hydrogen (secondary N) is 1. The van der Waals surface area contributed by atoms with Gasteiger partial charge in [-0.15, -0.1) is 0 Å². The Morgan fingerprint density at radius 1 is 1.24 bits per heavy atom. The highest BCUT2D eigenvalue weighted by atomic mass is 16.1. The SMILES string of the molecule is CC(CC(=O)c1cccc2ccccc12)C1CCCNC1. The highest BCUT2D eigenvalue weighted by Gasteiger charge is 2.23. The molecule has 1 aliphatic rings. The maximum absolute atomic E-state index is 12.7. The second-order valence-corrected chi connectivity index (χ2v) is 6.24. The molecule has 21 heavy (non-hydrogen) atoms. The molecular weight excluding hydrogens is 258 g/mol. The van der Waals surface area contributed by atoms with Crippen molar-refractivity contribution in [3.63, 3.8) is 0 Å². The lowest BCUT2D eigenvalue weighted by Gasteiger charge is -2.28. The van der Waals surface area contributed by atoms with E-state index in [2.05, 4.69) is 30.4 Å². The van der Waals surface area contributed by atoms with Gasteiger partial charge in [0.1, 0.15) is 0 Å². The minimum atomic E-state index is 0.282. The van der Waals surface area contributed by atoms with Gasteiger partial charge in [0.2, 0.25) is 0 Å². The zero-order valence-corrected chi connectivity index (χ0v) is 12.6. The van der Waals surface area contributed by atoms with E-state index >= 15 is 0 Å². The third kappa shape index (κ3) is 3.16. The number of ketones is 1. The second-order valence-electron chi connectivity index (χ2n) is 6.24. The molecule has 1 aliphatic heterocycles. The van der Waals surface area contributed by atoms with Crippen molar-refractivity contribution in [2.24, 2.45) is 11.8 Å². The fourth-order valence-electron chi connectivity index (χ4n) is 3.40. The van der Waals surface area contributed by atoms with E-state index in [-0.39, 0.29) is 5.78 Å². The topological polar surface area (TPSA) is 29.1 Å². The molecule has 0 radical (unpaired) electrons. The number of carbonyl (C=O) groups excluding carboxylic acids is 1. The summed E-state index contributed by atoms with van der Waals surface area (Å²) in [7, 11) is 0. The molecule has 0 aromatic heterocycles. The zero-order chi connectivity index (χ0) is 14.7. The van der Waals surface area contributed by atoms with E-state index in [0.29, 0.717) is 18.3 Å². The number of hydrogen-bond donors (Lipinski definition) is 1. The van der Waals surface area contributed by atoms with Gasteiger partial charge in [-0.05, 0) is 48.5 Å². The second kappa shape index (κ2) is 6.40. The van der Waals surface area contributed by atoms with Crippen molar-refractivity contribution in [1.29, 1.82) is 0 Å². The Bertz CT molecular complexity index is 623. The first-order valence-electron chi connectivity index (χ1n) is 7.97. The lowest BCUT2D eigenvalue weighted by Crippen LogP contribution is -2.34. The van der Waals surface area contributed by atoms with Crippen LogP contribution in [0.4, 0.5) is 0 Å². The number of rotatable bonds is 4. The Hall–Kier alpha value is -1.67. The summed E-state index contributed by atoms with van der Waals surface area (Å²) in [5, 5.41) is 5.68. The van der Waals surface area contributed by atoms with Gasteiger partial charge in [0.25, 0.3) is 0 Å². The number of piperidine rings is 1. The molecule has 110 valence electrons. The van der Waals surface area contributed by atoms with Crippen molar-refractivity contribution >= 4 is 16.6 Å². The molecule has 2 nitrogen and oxygen atoms in total. The first kappa shape index (κ1) is 14.3. The van der Waals surface area contributed by atoms with Gasteiger partial charge in [-0.1, -0.05) is 49.4 Å². The quantitative estimate of drug-likeness (QED) is 0.857. The van der Waals surface area contributed by atoms with Gasteiger partial charge < -0.3 is 5.32 Å². The van der Waals surface area contributed by atoms with Crippen LogP contribution < -0.4 is 5.32 Å². The van der Waals surface area contributed by atoms with E-state index in [9.17, 15) is 4.79 Å². The summed E-state index contributed by atoms with van der Waals surface area (Å²) in [5.41, 5.74) is 0.878. The molecule has 1 saturated heterocycles. The number of hydrogen-bond acceptors (Lipinski definition) is 2. The zero-order valence-electron chi connectivity index (χ0n) is 12.6. The molecule has 2 atom stereocenters. The Morgan fingerprint density at radius 3 is 2.86 bits per heavy atom. The van der Waals surface area contributed by atoms with Crippen LogP contribution in [-0.2, 0) is 0 Å². The molecule has 0 amide bonds. The van der Waals surface area contributed by atoms with E-state index < -0.39 is 0 Å². The minimum Gasteiger partial charge on any atom is -0.316 e. The molecule has 1 N–H and O–H groups in total. The van der Waals surface area contributed by atoms with Crippen LogP contribution in [0, 0.1) is 11.8 Å². The van der Waals surface area contributed by atoms with Crippen molar-refractivity contribution in [2.45, 2.75) is 26.2 Å². The van der Waals surface area contributed by atoms with Gasteiger partial charge in [-0.2, -0.15) is 0 Å². The summed E-state index contributed by atoms with van der Waals surface area (Å²) in [4.78, 5) is 12.7. The molecule has 0 bridgehead atoms. The van der Waals surface area contributed by atoms with Gasteiger partial charge >= 0.3 is 0 Å². The summed E-state index contributed by atoms with van der Waals surface area (Å²) in [6.45, 7) is 4.41. The monoisotopic (exact) mass is 281 g/mol. The minimum absolute atomic E-state index is 0.282. The largest absolute Gasteiger partial charge is 0.316 e. The Morgan fingerprint density at radius 2 is 2.05 bits per heavy atom. The summed E-state index contributed by atoms with van der Waals surface area (Å²) in [5.74, 6) is 1.37. The molecule has 0 saturated carbocycles. The molecule has 3 rings (SSSR count). The summed E-state index contributed by atoms with van der Waals surface area (Å²) in [6, 6.07) is 14.2. The highest BCUT2D eigenvalue weighted by Crippen LogP contribution is 2.26. The van der Waals surface area contributed by atoms with Crippen LogP contribution in [0.2, 0.25) is 0 Å². The molecule has 2 aromatic carbocycles. The van der Waals surface area contributed by atoms with Gasteiger partial charge in [0, 0.05) is 12.0 Å². The van der Waals surface area contributed by atoms with E-state index in [0.717, 1.165) is 29.4 Å². The predicted molar refractivity (Wildman–Crippen MR) is 87.7 cm³/mol. The fourth-order valence-corrected chi connectivity index (χ4v) is 3.40. The van der Waals surface area contributed by atoms with E-state index in [1.165, 1.54) is 12.8 Å². The number of carbonyl (C=O) groups is 1. The van der Waals surface area contributed by atoms with Crippen molar-refractivity contribution in [1.82, 2.24) is 5.32 Å². The molecule has 2 unspecified atom stereocenters. The maximum atomic E-state index is 12.7. The standard InChI is InChI=1S/C19H23NO/c1-14(16-8-5-11-20-13-16)12-19(21)18-10-4-7-15-6-2-3-9-17(15)18/h2-4,6-7,9-10,14,16,20H,5,8,11-13H2,1H3. The van der Waals surface area contributed by atoms with Crippen molar-refractivity contribution in [2.75, 3.05) is 13.1 Å². The predicted octanol–water partition coefficient (Wildman–Crippen LogP) is 4.05. The Balaban J connectivity index is 1.77. The van der Waals surface area contributed by atoms with Crippen LogP contribution in [0.1, 0.15) is 36.5 Å². The van der Waals surface area contributed by atoms with Gasteiger partial charge in [0.05, 0.1) is 0 Å². The number of benzene rings is 2. The van der Waals surface area contributed by atoms with Crippen molar-refractivity contribution in [3.05, 3.63) is 48.0 Å². The third-order valence-corrected chi connectivity index (χ3v) is 4.74. The fraction of sp³-hybridized carbons (Fsp3) is 0.421. The van der Waals surface area contributed by atoms with E-state index in [1.807, 2.05) is 24.3 Å². The van der Waals surface area contributed by atoms with Crippen molar-refractivity contribution in [3.8, 4) is 0 Å². The van der Waals surface area contributed by atoms with Crippen LogP contribution in [0.5, 0.6) is 0 Å². The smallest absolute Gasteiger partial charge is 0.163 e. The molecule has 1 fully saturated rings. The van der Waals surface area contributed by atoms with Crippen LogP contribution in [0.15, 0.2) is 42.5 Å². The lowest BCUT2D eigenvalue weighted by molar-refractivity contribution is 0.0944. The van der Waals surface area contributed by atoms with E-state index in [4.69, 9.17) is 0 Å². The molecule has 2 aromatic rings. The Labute approximate surface area is 126 Å². The number of fused-ring (bicyclic) bond motifs is 1. The third-order valence-electron chi connectivity index (χ3n) is 4.74. The van der Waals surface area contributed by atoms with Crippen LogP contribution in [0.3, 0.4) is 0 Å². The van der Waals surface area contributed by atoms with Gasteiger partial charge in [0.15, 0.2) is 5.78 Å². The maximum Gasteiger partial charge on any atom is 0.163 e. The summed E-state index contributed by atoms with van der Waals surface area (Å²) in [6.07, 6.45) is 3.13. The van der Waals surface area contributed by atoms with E-state index in [1.54, 1.807) is 0 Å². The average molecular weight is 281 g/mol. The normalized spacial score (nSPS) is 20.3. The molecule has 1 heterocycles. The highest BCUT2D eigenvalue weighted by molar-refractivity contribution is 6.08. The number of Topliss-reactive ketones (excluding diaryl/α,β-unsaturated/α-hetero) is 1. The first-order chi connectivity index (χ1) is 10.3. The van der Waals surface area contributed by atoms with Crippen LogP contribution >= 0.6 is 0 Å². The molecule has 2 heteroatoms. The average Bonchev–Trinajstić information content (AvgIpc) is 2.55. The van der Waals surface area contributed by atoms with Crippen LogP contribution in [-0.4, -0.2) is 18.9 Å².